The molecule has 0 bridgehead atoms. The standard InChI is InChI=1S/C13H12N2O5/c1-20-15(12(17)6-11(16)13(18)19)8-10-4-2-9(7-14)3-5-10/h2-6,16H,8H2,1H3,(H,18,19). The van der Waals surface area contributed by atoms with Gasteiger partial charge in [0.1, 0.15) is 0 Å². The van der Waals surface area contributed by atoms with Gasteiger partial charge in [-0.25, -0.2) is 9.86 Å². The van der Waals surface area contributed by atoms with Crippen molar-refractivity contribution in [1.82, 2.24) is 5.06 Å². The van der Waals surface area contributed by atoms with E-state index in [-0.39, 0.29) is 6.54 Å². The van der Waals surface area contributed by atoms with Crippen molar-refractivity contribution in [1.29, 1.82) is 5.26 Å². The summed E-state index contributed by atoms with van der Waals surface area (Å²) in [5.74, 6) is -3.48. The number of carbonyl (C=O) groups excluding carboxylic acids is 1. The van der Waals surface area contributed by atoms with Crippen LogP contribution in [0.25, 0.3) is 0 Å². The molecule has 0 heterocycles. The second kappa shape index (κ2) is 6.92. The minimum atomic E-state index is -1.60. The summed E-state index contributed by atoms with van der Waals surface area (Å²) in [7, 11) is 1.24. The first-order valence-electron chi connectivity index (χ1n) is 5.46. The largest absolute Gasteiger partial charge is 0.502 e. The van der Waals surface area contributed by atoms with Gasteiger partial charge >= 0.3 is 5.97 Å². The Balaban J connectivity index is 2.81. The zero-order valence-electron chi connectivity index (χ0n) is 10.6. The molecule has 2 N–H and O–H groups in total. The van der Waals surface area contributed by atoms with Gasteiger partial charge in [0.05, 0.1) is 31.4 Å². The fraction of sp³-hybridized carbons (Fsp3) is 0.154. The first kappa shape index (κ1) is 15.2. The molecule has 104 valence electrons. The molecule has 0 saturated heterocycles. The van der Waals surface area contributed by atoms with E-state index in [1.165, 1.54) is 7.11 Å². The first-order chi connectivity index (χ1) is 9.47. The van der Waals surface area contributed by atoms with Gasteiger partial charge in [-0.3, -0.25) is 9.63 Å². The summed E-state index contributed by atoms with van der Waals surface area (Å²) >= 11 is 0. The SMILES string of the molecule is CON(Cc1ccc(C#N)cc1)C(=O)C=C(O)C(=O)O. The van der Waals surface area contributed by atoms with Crippen molar-refractivity contribution in [3.63, 3.8) is 0 Å². The van der Waals surface area contributed by atoms with Gasteiger partial charge < -0.3 is 10.2 Å². The number of aliphatic carboxylic acids is 1. The third-order valence-electron chi connectivity index (χ3n) is 2.35. The third-order valence-corrected chi connectivity index (χ3v) is 2.35. The van der Waals surface area contributed by atoms with Gasteiger partial charge in [0, 0.05) is 0 Å². The number of nitriles is 1. The molecule has 1 aromatic carbocycles. The molecular weight excluding hydrogens is 264 g/mol. The average molecular weight is 276 g/mol. The van der Waals surface area contributed by atoms with Gasteiger partial charge in [-0.05, 0) is 17.7 Å². The van der Waals surface area contributed by atoms with E-state index < -0.39 is 17.6 Å². The van der Waals surface area contributed by atoms with Gasteiger partial charge in [0.15, 0.2) is 0 Å². The fourth-order valence-corrected chi connectivity index (χ4v) is 1.33. The van der Waals surface area contributed by atoms with E-state index in [1.807, 2.05) is 6.07 Å². The molecule has 1 aromatic rings. The highest BCUT2D eigenvalue weighted by atomic mass is 16.7. The Labute approximate surface area is 114 Å². The summed E-state index contributed by atoms with van der Waals surface area (Å²) in [6.07, 6.45) is 0.551. The number of aliphatic hydroxyl groups is 1. The van der Waals surface area contributed by atoms with E-state index in [4.69, 9.17) is 20.3 Å². The minimum Gasteiger partial charge on any atom is -0.502 e. The Kier molecular flexibility index (Phi) is 5.26. The number of aliphatic hydroxyl groups excluding tert-OH is 1. The van der Waals surface area contributed by atoms with Crippen LogP contribution in [-0.4, -0.2) is 34.3 Å². The van der Waals surface area contributed by atoms with E-state index in [2.05, 4.69) is 0 Å². The van der Waals surface area contributed by atoms with Crippen molar-refractivity contribution in [3.8, 4) is 6.07 Å². The van der Waals surface area contributed by atoms with Crippen molar-refractivity contribution in [2.75, 3.05) is 7.11 Å². The van der Waals surface area contributed by atoms with Crippen LogP contribution in [0, 0.1) is 11.3 Å². The Morgan fingerprint density at radius 2 is 1.95 bits per heavy atom. The summed E-state index contributed by atoms with van der Waals surface area (Å²) in [6, 6.07) is 8.40. The topological polar surface area (TPSA) is 111 Å². The number of nitrogens with zero attached hydrogens (tertiary/aromatic N) is 2. The normalized spacial score (nSPS) is 10.7. The maximum absolute atomic E-state index is 11.7. The van der Waals surface area contributed by atoms with Crippen molar-refractivity contribution < 1.29 is 24.6 Å². The van der Waals surface area contributed by atoms with Crippen molar-refractivity contribution in [2.45, 2.75) is 6.54 Å². The van der Waals surface area contributed by atoms with Crippen LogP contribution in [-0.2, 0) is 21.0 Å². The first-order valence-corrected chi connectivity index (χ1v) is 5.46. The van der Waals surface area contributed by atoms with Gasteiger partial charge in [-0.15, -0.1) is 0 Å². The molecule has 1 amide bonds. The molecule has 0 unspecified atom stereocenters. The summed E-state index contributed by atoms with van der Waals surface area (Å²) in [4.78, 5) is 26.9. The van der Waals surface area contributed by atoms with Gasteiger partial charge in [-0.1, -0.05) is 12.1 Å². The van der Waals surface area contributed by atoms with Crippen LogP contribution in [0.15, 0.2) is 36.1 Å². The maximum atomic E-state index is 11.7. The number of hydroxylamine groups is 2. The van der Waals surface area contributed by atoms with E-state index in [0.29, 0.717) is 17.2 Å². The zero-order chi connectivity index (χ0) is 15.1. The van der Waals surface area contributed by atoms with Crippen LogP contribution in [0.1, 0.15) is 11.1 Å². The Morgan fingerprint density at radius 1 is 1.35 bits per heavy atom. The highest BCUT2D eigenvalue weighted by Gasteiger charge is 2.15. The van der Waals surface area contributed by atoms with Crippen molar-refractivity contribution in [2.24, 2.45) is 0 Å². The number of hydrogen-bond donors (Lipinski definition) is 2. The maximum Gasteiger partial charge on any atom is 0.371 e. The molecule has 20 heavy (non-hydrogen) atoms. The Hall–Kier alpha value is -2.85. The van der Waals surface area contributed by atoms with E-state index >= 15 is 0 Å². The second-order valence-electron chi connectivity index (χ2n) is 3.70. The molecule has 7 nitrogen and oxygen atoms in total. The van der Waals surface area contributed by atoms with E-state index in [1.54, 1.807) is 24.3 Å². The van der Waals surface area contributed by atoms with Crippen LogP contribution in [0.3, 0.4) is 0 Å². The third kappa shape index (κ3) is 4.12. The molecule has 0 saturated carbocycles. The minimum absolute atomic E-state index is 0.0461. The number of hydrogen-bond acceptors (Lipinski definition) is 5. The summed E-state index contributed by atoms with van der Waals surface area (Å²) < 4.78 is 0. The zero-order valence-corrected chi connectivity index (χ0v) is 10.6. The lowest BCUT2D eigenvalue weighted by Crippen LogP contribution is -2.28. The molecule has 0 aliphatic rings. The summed E-state index contributed by atoms with van der Waals surface area (Å²) in [6.45, 7) is 0.0461. The Bertz CT molecular complexity index is 571. The van der Waals surface area contributed by atoms with Crippen molar-refractivity contribution >= 4 is 11.9 Å². The Morgan fingerprint density at radius 3 is 2.40 bits per heavy atom. The highest BCUT2D eigenvalue weighted by molar-refractivity contribution is 5.95. The number of amides is 1. The van der Waals surface area contributed by atoms with Crippen LogP contribution >= 0.6 is 0 Å². The molecule has 0 fully saturated rings. The molecule has 0 radical (unpaired) electrons. The molecule has 0 spiro atoms. The molecule has 7 heteroatoms. The molecule has 0 aliphatic heterocycles. The lowest BCUT2D eigenvalue weighted by molar-refractivity contribution is -0.173. The molecule has 0 atom stereocenters. The number of rotatable bonds is 5. The quantitative estimate of drug-likeness (QED) is 0.471. The lowest BCUT2D eigenvalue weighted by atomic mass is 10.1. The predicted octanol–water partition coefficient (Wildman–Crippen LogP) is 0.975. The predicted molar refractivity (Wildman–Crippen MR) is 67.1 cm³/mol. The van der Waals surface area contributed by atoms with Crippen LogP contribution in [0.2, 0.25) is 0 Å². The van der Waals surface area contributed by atoms with Crippen LogP contribution < -0.4 is 0 Å². The second-order valence-corrected chi connectivity index (χ2v) is 3.70. The van der Waals surface area contributed by atoms with Crippen LogP contribution in [0.4, 0.5) is 0 Å². The molecule has 1 rings (SSSR count). The molecule has 0 aliphatic carbocycles. The lowest BCUT2D eigenvalue weighted by Gasteiger charge is -2.18. The summed E-state index contributed by atoms with van der Waals surface area (Å²) in [5.41, 5.74) is 1.16. The summed E-state index contributed by atoms with van der Waals surface area (Å²) in [5, 5.41) is 27.0. The average Bonchev–Trinajstić information content (AvgIpc) is 2.44. The van der Waals surface area contributed by atoms with Gasteiger partial charge in [-0.2, -0.15) is 5.26 Å². The van der Waals surface area contributed by atoms with Crippen LogP contribution in [0.5, 0.6) is 0 Å². The fourth-order valence-electron chi connectivity index (χ4n) is 1.33. The van der Waals surface area contributed by atoms with Crippen molar-refractivity contribution in [3.05, 3.63) is 47.2 Å². The van der Waals surface area contributed by atoms with E-state index in [9.17, 15) is 9.59 Å². The van der Waals surface area contributed by atoms with E-state index in [0.717, 1.165) is 5.06 Å². The monoisotopic (exact) mass is 276 g/mol. The smallest absolute Gasteiger partial charge is 0.371 e. The number of benzene rings is 1. The number of carboxylic acids is 1. The number of carbonyl (C=O) groups is 2. The van der Waals surface area contributed by atoms with Gasteiger partial charge in [0.2, 0.25) is 5.76 Å². The molecule has 0 aromatic heterocycles. The highest BCUT2D eigenvalue weighted by Crippen LogP contribution is 2.08. The van der Waals surface area contributed by atoms with Gasteiger partial charge in [0.25, 0.3) is 5.91 Å². The molecular formula is C13H12N2O5. The number of carboxylic acid groups (broad SMARTS) is 1.